The number of carbonyl (C=O) groups excluding carboxylic acids is 3. The first-order valence-corrected chi connectivity index (χ1v) is 19.5. The number of nitrogens with zero attached hydrogens (tertiary/aromatic N) is 5. The second-order valence-electron chi connectivity index (χ2n) is 14.2. The van der Waals surface area contributed by atoms with Crippen molar-refractivity contribution in [1.82, 2.24) is 29.7 Å². The van der Waals surface area contributed by atoms with Gasteiger partial charge in [-0.25, -0.2) is 19.7 Å². The predicted octanol–water partition coefficient (Wildman–Crippen LogP) is 6.78. The Morgan fingerprint density at radius 3 is 1.95 bits per heavy atom. The Kier molecular flexibility index (Phi) is 11.5. The molecule has 0 saturated carbocycles. The monoisotopic (exact) mass is 801 g/mol. The van der Waals surface area contributed by atoms with Crippen LogP contribution in [-0.4, -0.2) is 82.8 Å². The number of hydrogen-bond donors (Lipinski definition) is 2. The van der Waals surface area contributed by atoms with Crippen molar-refractivity contribution in [3.05, 3.63) is 174 Å². The average Bonchev–Trinajstić information content (AvgIpc) is 3.86. The van der Waals surface area contributed by atoms with E-state index >= 15 is 0 Å². The molecule has 2 aromatic heterocycles. The van der Waals surface area contributed by atoms with Gasteiger partial charge in [-0.15, -0.1) is 0 Å². The fraction of sp³-hybridized carbons (Fsp3) is 0.191. The quantitative estimate of drug-likeness (QED) is 0.0840. The number of nitrogens with one attached hydrogen (secondary N) is 2. The predicted molar refractivity (Wildman–Crippen MR) is 226 cm³/mol. The second-order valence-corrected chi connectivity index (χ2v) is 14.2. The van der Waals surface area contributed by atoms with Crippen LogP contribution in [-0.2, 0) is 31.1 Å². The third-order valence-corrected chi connectivity index (χ3v) is 10.8. The molecule has 0 spiro atoms. The average molecular weight is 802 g/mol. The Morgan fingerprint density at radius 2 is 1.33 bits per heavy atom. The highest BCUT2D eigenvalue weighted by Gasteiger charge is 2.38. The molecule has 302 valence electrons. The number of aromatic nitrogens is 4. The standard InChI is InChI=1S/C47H43N7O6/c1-58-35-23-21-34(22-24-35)47(32-13-5-3-6-14-32,33-15-7-4-8-16-33)52-44-43-45(50-30-49-44)54(31-51-43)27-41(55)53(28-42(56)59-2)26-25-48-46(57)60-29-40-38-19-11-9-17-36(38)37-18-10-12-20-39(37)40/h3-24,30-31,40H,25-29H2,1-2H3,(H,48,57)(H,49,50,52). The van der Waals surface area contributed by atoms with Crippen LogP contribution in [0.1, 0.15) is 33.7 Å². The molecule has 0 radical (unpaired) electrons. The summed E-state index contributed by atoms with van der Waals surface area (Å²) in [6, 6.07) is 44.2. The maximum Gasteiger partial charge on any atom is 0.407 e. The van der Waals surface area contributed by atoms with E-state index in [1.54, 1.807) is 11.7 Å². The van der Waals surface area contributed by atoms with Crippen molar-refractivity contribution in [2.45, 2.75) is 18.0 Å². The fourth-order valence-electron chi connectivity index (χ4n) is 7.90. The van der Waals surface area contributed by atoms with Crippen LogP contribution in [0.2, 0.25) is 0 Å². The summed E-state index contributed by atoms with van der Waals surface area (Å²) in [6.45, 7) is -0.322. The first-order valence-electron chi connectivity index (χ1n) is 19.5. The molecule has 60 heavy (non-hydrogen) atoms. The van der Waals surface area contributed by atoms with E-state index in [4.69, 9.17) is 14.2 Å². The number of amides is 2. The summed E-state index contributed by atoms with van der Waals surface area (Å²) in [5, 5.41) is 6.48. The number of alkyl carbamates (subject to hydrolysis) is 1. The number of fused-ring (bicyclic) bond motifs is 4. The summed E-state index contributed by atoms with van der Waals surface area (Å²) in [5.74, 6) is 0.0405. The molecule has 13 nitrogen and oxygen atoms in total. The Balaban J connectivity index is 0.996. The number of methoxy groups -OCH3 is 2. The van der Waals surface area contributed by atoms with Gasteiger partial charge in [-0.05, 0) is 51.1 Å². The van der Waals surface area contributed by atoms with Crippen molar-refractivity contribution < 1.29 is 28.6 Å². The molecule has 5 aromatic carbocycles. The number of hydrogen-bond acceptors (Lipinski definition) is 10. The maximum absolute atomic E-state index is 13.9. The zero-order valence-electron chi connectivity index (χ0n) is 33.2. The van der Waals surface area contributed by atoms with Gasteiger partial charge < -0.3 is 34.3 Å². The van der Waals surface area contributed by atoms with E-state index in [1.165, 1.54) is 24.7 Å². The van der Waals surface area contributed by atoms with Gasteiger partial charge in [-0.2, -0.15) is 0 Å². The smallest absolute Gasteiger partial charge is 0.407 e. The molecule has 0 saturated heterocycles. The van der Waals surface area contributed by atoms with Crippen molar-refractivity contribution in [2.24, 2.45) is 0 Å². The molecular formula is C47H43N7O6. The molecule has 0 unspecified atom stereocenters. The summed E-state index contributed by atoms with van der Waals surface area (Å²) in [5.41, 5.74) is 7.19. The van der Waals surface area contributed by atoms with Crippen LogP contribution in [0.5, 0.6) is 5.75 Å². The van der Waals surface area contributed by atoms with E-state index < -0.39 is 23.5 Å². The Hall–Kier alpha value is -7.54. The zero-order valence-corrected chi connectivity index (χ0v) is 33.2. The van der Waals surface area contributed by atoms with Crippen molar-refractivity contribution in [3.63, 3.8) is 0 Å². The van der Waals surface area contributed by atoms with Gasteiger partial charge in [0.1, 0.15) is 42.8 Å². The van der Waals surface area contributed by atoms with E-state index in [2.05, 4.69) is 74.1 Å². The summed E-state index contributed by atoms with van der Waals surface area (Å²) in [7, 11) is 2.89. The van der Waals surface area contributed by atoms with E-state index in [0.717, 1.165) is 44.7 Å². The van der Waals surface area contributed by atoms with Gasteiger partial charge in [0.25, 0.3) is 0 Å². The maximum atomic E-state index is 13.9. The Morgan fingerprint density at radius 1 is 0.733 bits per heavy atom. The van der Waals surface area contributed by atoms with Crippen LogP contribution in [0.3, 0.4) is 0 Å². The van der Waals surface area contributed by atoms with Crippen molar-refractivity contribution in [2.75, 3.05) is 45.8 Å². The van der Waals surface area contributed by atoms with Gasteiger partial charge in [-0.3, -0.25) is 9.59 Å². The second kappa shape index (κ2) is 17.5. The van der Waals surface area contributed by atoms with Gasteiger partial charge in [-0.1, -0.05) is 121 Å². The molecule has 1 aliphatic rings. The van der Waals surface area contributed by atoms with E-state index in [-0.39, 0.29) is 38.7 Å². The van der Waals surface area contributed by atoms with Crippen LogP contribution >= 0.6 is 0 Å². The minimum atomic E-state index is -0.937. The van der Waals surface area contributed by atoms with Crippen LogP contribution < -0.4 is 15.4 Å². The molecule has 13 heteroatoms. The summed E-state index contributed by atoms with van der Waals surface area (Å²) < 4.78 is 17.7. The number of imidazole rings is 1. The number of carbonyl (C=O) groups is 3. The molecule has 7 aromatic rings. The van der Waals surface area contributed by atoms with Crippen LogP contribution in [0.15, 0.2) is 146 Å². The largest absolute Gasteiger partial charge is 0.497 e. The fourth-order valence-corrected chi connectivity index (χ4v) is 7.90. The van der Waals surface area contributed by atoms with E-state index in [0.29, 0.717) is 17.0 Å². The van der Waals surface area contributed by atoms with Crippen molar-refractivity contribution in [1.29, 1.82) is 0 Å². The highest BCUT2D eigenvalue weighted by Crippen LogP contribution is 2.45. The third kappa shape index (κ3) is 7.84. The van der Waals surface area contributed by atoms with Crippen LogP contribution in [0.25, 0.3) is 22.3 Å². The highest BCUT2D eigenvalue weighted by molar-refractivity contribution is 5.87. The van der Waals surface area contributed by atoms with Crippen molar-refractivity contribution in [3.8, 4) is 16.9 Å². The first kappa shape index (κ1) is 39.3. The third-order valence-electron chi connectivity index (χ3n) is 10.8. The lowest BCUT2D eigenvalue weighted by atomic mass is 9.77. The lowest BCUT2D eigenvalue weighted by Gasteiger charge is -2.37. The molecule has 1 aliphatic carbocycles. The lowest BCUT2D eigenvalue weighted by molar-refractivity contribution is -0.147. The van der Waals surface area contributed by atoms with E-state index in [1.807, 2.05) is 84.9 Å². The summed E-state index contributed by atoms with van der Waals surface area (Å²) in [4.78, 5) is 54.5. The topological polar surface area (TPSA) is 150 Å². The molecule has 2 heterocycles. The minimum Gasteiger partial charge on any atom is -0.497 e. The zero-order chi connectivity index (χ0) is 41.5. The molecule has 8 rings (SSSR count). The van der Waals surface area contributed by atoms with Gasteiger partial charge in [0.05, 0.1) is 20.5 Å². The van der Waals surface area contributed by atoms with Crippen LogP contribution in [0, 0.1) is 0 Å². The van der Waals surface area contributed by atoms with Crippen LogP contribution in [0.4, 0.5) is 10.6 Å². The summed E-state index contributed by atoms with van der Waals surface area (Å²) in [6.07, 6.45) is 2.32. The Bertz CT molecular complexity index is 2530. The van der Waals surface area contributed by atoms with Crippen molar-refractivity contribution >= 4 is 35.0 Å². The van der Waals surface area contributed by atoms with Gasteiger partial charge in [0, 0.05) is 19.0 Å². The molecule has 0 aliphatic heterocycles. The van der Waals surface area contributed by atoms with E-state index in [9.17, 15) is 14.4 Å². The Labute approximate surface area is 347 Å². The molecular weight excluding hydrogens is 759 g/mol. The number of esters is 1. The highest BCUT2D eigenvalue weighted by atomic mass is 16.5. The normalized spacial score (nSPS) is 12.0. The molecule has 2 amide bonds. The lowest BCUT2D eigenvalue weighted by Crippen LogP contribution is -2.43. The first-order chi connectivity index (χ1) is 29.4. The molecule has 0 fully saturated rings. The molecule has 0 bridgehead atoms. The molecule has 2 N–H and O–H groups in total. The minimum absolute atomic E-state index is 0.0189. The van der Waals surface area contributed by atoms with Gasteiger partial charge in [0.15, 0.2) is 11.5 Å². The van der Waals surface area contributed by atoms with Gasteiger partial charge >= 0.3 is 12.1 Å². The number of rotatable bonds is 15. The SMILES string of the molecule is COC(=O)CN(CCNC(=O)OCC1c2ccccc2-c2ccccc21)C(=O)Cn1cnc2c(NC(c3ccccc3)(c3ccccc3)c3ccc(OC)cc3)ncnc21. The number of anilines is 1. The van der Waals surface area contributed by atoms with Gasteiger partial charge in [0.2, 0.25) is 5.91 Å². The number of benzene rings is 5. The summed E-state index contributed by atoms with van der Waals surface area (Å²) >= 11 is 0. The molecule has 0 atom stereocenters. The number of ether oxygens (including phenoxy) is 3.